The van der Waals surface area contributed by atoms with Crippen LogP contribution in [0.4, 0.5) is 0 Å². The minimum absolute atomic E-state index is 0.0116. The first kappa shape index (κ1) is 12.9. The van der Waals surface area contributed by atoms with Gasteiger partial charge in [0.15, 0.2) is 0 Å². The number of carbonyl (C=O) groups excluding carboxylic acids is 1. The number of ether oxygens (including phenoxy) is 1. The van der Waals surface area contributed by atoms with Crippen LogP contribution in [0, 0.1) is 6.92 Å². The van der Waals surface area contributed by atoms with Gasteiger partial charge in [0.25, 0.3) is 5.91 Å². The van der Waals surface area contributed by atoms with E-state index in [-0.39, 0.29) is 12.0 Å². The van der Waals surface area contributed by atoms with E-state index in [2.05, 4.69) is 0 Å². The van der Waals surface area contributed by atoms with E-state index in [0.29, 0.717) is 37.2 Å². The van der Waals surface area contributed by atoms with E-state index in [1.807, 2.05) is 25.1 Å². The predicted molar refractivity (Wildman–Crippen MR) is 68.9 cm³/mol. The second kappa shape index (κ2) is 5.40. The Balaban J connectivity index is 2.20. The van der Waals surface area contributed by atoms with Crippen molar-refractivity contribution in [1.29, 1.82) is 0 Å². The van der Waals surface area contributed by atoms with Crippen molar-refractivity contribution in [2.45, 2.75) is 25.9 Å². The van der Waals surface area contributed by atoms with Crippen LogP contribution in [0.3, 0.4) is 0 Å². The molecule has 1 aromatic carbocycles. The number of amides is 1. The van der Waals surface area contributed by atoms with Gasteiger partial charge in [-0.2, -0.15) is 0 Å². The zero-order valence-corrected chi connectivity index (χ0v) is 10.8. The summed E-state index contributed by atoms with van der Waals surface area (Å²) in [5, 5.41) is 9.46. The van der Waals surface area contributed by atoms with Gasteiger partial charge >= 0.3 is 0 Å². The largest absolute Gasteiger partial charge is 0.496 e. The number of likely N-dealkylation sites (tertiary alicyclic amines) is 1. The van der Waals surface area contributed by atoms with Gasteiger partial charge in [-0.05, 0) is 31.9 Å². The highest BCUT2D eigenvalue weighted by atomic mass is 16.5. The van der Waals surface area contributed by atoms with Crippen molar-refractivity contribution in [3.63, 3.8) is 0 Å². The average molecular weight is 249 g/mol. The third kappa shape index (κ3) is 2.64. The molecule has 4 heteroatoms. The molecule has 1 amide bonds. The van der Waals surface area contributed by atoms with Gasteiger partial charge in [0.05, 0.1) is 18.8 Å². The van der Waals surface area contributed by atoms with Crippen molar-refractivity contribution in [3.8, 4) is 5.75 Å². The van der Waals surface area contributed by atoms with Crippen LogP contribution in [-0.4, -0.2) is 42.2 Å². The van der Waals surface area contributed by atoms with Gasteiger partial charge < -0.3 is 14.7 Å². The summed E-state index contributed by atoms with van der Waals surface area (Å²) in [5.74, 6) is 0.596. The van der Waals surface area contributed by atoms with Gasteiger partial charge in [0.1, 0.15) is 5.75 Å². The second-order valence-corrected chi connectivity index (χ2v) is 4.73. The van der Waals surface area contributed by atoms with Gasteiger partial charge in [-0.3, -0.25) is 4.79 Å². The number of rotatable bonds is 2. The van der Waals surface area contributed by atoms with Crippen LogP contribution < -0.4 is 4.74 Å². The molecule has 1 aliphatic rings. The number of piperidine rings is 1. The lowest BCUT2D eigenvalue weighted by Gasteiger charge is -2.30. The maximum atomic E-state index is 12.4. The molecule has 1 saturated heterocycles. The van der Waals surface area contributed by atoms with Crippen LogP contribution in [0.1, 0.15) is 28.8 Å². The first-order valence-corrected chi connectivity index (χ1v) is 6.24. The van der Waals surface area contributed by atoms with E-state index in [1.54, 1.807) is 12.0 Å². The maximum Gasteiger partial charge on any atom is 0.257 e. The zero-order chi connectivity index (χ0) is 13.1. The number of aryl methyl sites for hydroxylation is 1. The average Bonchev–Trinajstić information content (AvgIpc) is 2.39. The molecule has 1 fully saturated rings. The smallest absolute Gasteiger partial charge is 0.257 e. The molecule has 0 saturated carbocycles. The lowest BCUT2D eigenvalue weighted by atomic mass is 10.0. The summed E-state index contributed by atoms with van der Waals surface area (Å²) in [5.41, 5.74) is 1.64. The summed E-state index contributed by atoms with van der Waals surface area (Å²) in [6.07, 6.45) is 1.04. The summed E-state index contributed by atoms with van der Waals surface area (Å²) in [7, 11) is 1.57. The van der Waals surface area contributed by atoms with Gasteiger partial charge in [0.2, 0.25) is 0 Å². The fourth-order valence-electron chi connectivity index (χ4n) is 2.23. The Morgan fingerprint density at radius 1 is 1.39 bits per heavy atom. The van der Waals surface area contributed by atoms with Gasteiger partial charge in [-0.25, -0.2) is 0 Å². The Morgan fingerprint density at radius 3 is 2.67 bits per heavy atom. The number of nitrogens with zero attached hydrogens (tertiary/aromatic N) is 1. The predicted octanol–water partition coefficient (Wildman–Crippen LogP) is 1.60. The number of benzene rings is 1. The fourth-order valence-corrected chi connectivity index (χ4v) is 2.23. The van der Waals surface area contributed by atoms with Crippen LogP contribution in [0.5, 0.6) is 5.75 Å². The normalized spacial score (nSPS) is 16.7. The van der Waals surface area contributed by atoms with E-state index in [9.17, 15) is 9.90 Å². The fraction of sp³-hybridized carbons (Fsp3) is 0.500. The van der Waals surface area contributed by atoms with Gasteiger partial charge in [-0.15, -0.1) is 0 Å². The van der Waals surface area contributed by atoms with Crippen molar-refractivity contribution in [2.24, 2.45) is 0 Å². The Hall–Kier alpha value is -1.55. The summed E-state index contributed by atoms with van der Waals surface area (Å²) >= 11 is 0. The van der Waals surface area contributed by atoms with Crippen LogP contribution in [0.25, 0.3) is 0 Å². The van der Waals surface area contributed by atoms with Crippen LogP contribution >= 0.6 is 0 Å². The quantitative estimate of drug-likeness (QED) is 0.866. The van der Waals surface area contributed by atoms with E-state index in [1.165, 1.54) is 0 Å². The number of carbonyl (C=O) groups is 1. The number of hydrogen-bond donors (Lipinski definition) is 1. The summed E-state index contributed by atoms with van der Waals surface area (Å²) in [6.45, 7) is 3.17. The molecule has 0 aromatic heterocycles. The SMILES string of the molecule is COc1ccc(C)cc1C(=O)N1CCC(O)CC1. The first-order chi connectivity index (χ1) is 8.61. The second-order valence-electron chi connectivity index (χ2n) is 4.73. The molecule has 1 N–H and O–H groups in total. The molecule has 4 nitrogen and oxygen atoms in total. The highest BCUT2D eigenvalue weighted by Gasteiger charge is 2.24. The summed E-state index contributed by atoms with van der Waals surface area (Å²) < 4.78 is 5.24. The summed E-state index contributed by atoms with van der Waals surface area (Å²) in [6, 6.07) is 5.60. The Bertz CT molecular complexity index is 437. The van der Waals surface area contributed by atoms with Gasteiger partial charge in [0, 0.05) is 13.1 Å². The molecular formula is C14H19NO3. The summed E-state index contributed by atoms with van der Waals surface area (Å²) in [4.78, 5) is 14.2. The van der Waals surface area contributed by atoms with Crippen molar-refractivity contribution in [3.05, 3.63) is 29.3 Å². The third-order valence-corrected chi connectivity index (χ3v) is 3.34. The van der Waals surface area contributed by atoms with E-state index < -0.39 is 0 Å². The molecular weight excluding hydrogens is 230 g/mol. The zero-order valence-electron chi connectivity index (χ0n) is 10.8. The molecule has 2 rings (SSSR count). The number of hydrogen-bond acceptors (Lipinski definition) is 3. The highest BCUT2D eigenvalue weighted by Crippen LogP contribution is 2.23. The molecule has 98 valence electrons. The molecule has 1 aliphatic heterocycles. The Kier molecular flexibility index (Phi) is 3.87. The molecule has 0 spiro atoms. The standard InChI is InChI=1S/C14H19NO3/c1-10-3-4-13(18-2)12(9-10)14(17)15-7-5-11(16)6-8-15/h3-4,9,11,16H,5-8H2,1-2H3. The molecule has 0 bridgehead atoms. The Labute approximate surface area is 107 Å². The maximum absolute atomic E-state index is 12.4. The Morgan fingerprint density at radius 2 is 2.06 bits per heavy atom. The molecule has 1 heterocycles. The minimum Gasteiger partial charge on any atom is -0.496 e. The minimum atomic E-state index is -0.270. The van der Waals surface area contributed by atoms with Crippen LogP contribution in [0.15, 0.2) is 18.2 Å². The van der Waals surface area contributed by atoms with Crippen molar-refractivity contribution in [2.75, 3.05) is 20.2 Å². The molecule has 0 radical (unpaired) electrons. The highest BCUT2D eigenvalue weighted by molar-refractivity contribution is 5.97. The topological polar surface area (TPSA) is 49.8 Å². The monoisotopic (exact) mass is 249 g/mol. The van der Waals surface area contributed by atoms with Gasteiger partial charge in [-0.1, -0.05) is 11.6 Å². The number of aliphatic hydroxyl groups excluding tert-OH is 1. The number of methoxy groups -OCH3 is 1. The van der Waals surface area contributed by atoms with E-state index in [0.717, 1.165) is 5.56 Å². The first-order valence-electron chi connectivity index (χ1n) is 6.24. The molecule has 0 aliphatic carbocycles. The number of aliphatic hydroxyl groups is 1. The molecule has 0 atom stereocenters. The molecule has 1 aromatic rings. The van der Waals surface area contributed by atoms with Crippen LogP contribution in [0.2, 0.25) is 0 Å². The van der Waals surface area contributed by atoms with Crippen LogP contribution in [-0.2, 0) is 0 Å². The third-order valence-electron chi connectivity index (χ3n) is 3.34. The van der Waals surface area contributed by atoms with E-state index >= 15 is 0 Å². The van der Waals surface area contributed by atoms with E-state index in [4.69, 9.17) is 4.74 Å². The van der Waals surface area contributed by atoms with Crippen molar-refractivity contribution < 1.29 is 14.6 Å². The van der Waals surface area contributed by atoms with Crippen molar-refractivity contribution in [1.82, 2.24) is 4.90 Å². The molecule has 18 heavy (non-hydrogen) atoms. The lowest BCUT2D eigenvalue weighted by Crippen LogP contribution is -2.40. The van der Waals surface area contributed by atoms with Crippen molar-refractivity contribution >= 4 is 5.91 Å². The lowest BCUT2D eigenvalue weighted by molar-refractivity contribution is 0.0544. The molecule has 0 unspecified atom stereocenters.